The molecule has 2 rings (SSSR count). The summed E-state index contributed by atoms with van der Waals surface area (Å²) in [5.41, 5.74) is 0. The van der Waals surface area contributed by atoms with Gasteiger partial charge >= 0.3 is 5.97 Å². The van der Waals surface area contributed by atoms with Crippen LogP contribution in [0.3, 0.4) is 0 Å². The van der Waals surface area contributed by atoms with Gasteiger partial charge in [0.15, 0.2) is 11.0 Å². The molecule has 0 aliphatic heterocycles. The standard InChI is InChI=1S/C15H21NO4S/c1-3-11-8-12(13(21-11)15(18)19)20-9(2)14(17)16-10-6-4-5-7-10/h8-10H,3-7H2,1-2H3,(H,16,17)(H,18,19). The third kappa shape index (κ3) is 3.97. The Labute approximate surface area is 128 Å². The Hall–Kier alpha value is -1.56. The van der Waals surface area contributed by atoms with Crippen LogP contribution in [0, 0.1) is 0 Å². The van der Waals surface area contributed by atoms with Gasteiger partial charge in [-0.15, -0.1) is 11.3 Å². The fraction of sp³-hybridized carbons (Fsp3) is 0.600. The molecule has 1 aliphatic rings. The normalized spacial score (nSPS) is 16.7. The lowest BCUT2D eigenvalue weighted by Crippen LogP contribution is -2.41. The average Bonchev–Trinajstić information content (AvgIpc) is 3.07. The lowest BCUT2D eigenvalue weighted by Gasteiger charge is -2.17. The number of hydrogen-bond acceptors (Lipinski definition) is 4. The van der Waals surface area contributed by atoms with E-state index in [-0.39, 0.29) is 16.8 Å². The highest BCUT2D eigenvalue weighted by molar-refractivity contribution is 7.14. The minimum Gasteiger partial charge on any atom is -0.479 e. The van der Waals surface area contributed by atoms with Crippen molar-refractivity contribution in [3.63, 3.8) is 0 Å². The average molecular weight is 311 g/mol. The molecule has 0 spiro atoms. The first kappa shape index (κ1) is 15.8. The van der Waals surface area contributed by atoms with Gasteiger partial charge in [-0.2, -0.15) is 0 Å². The summed E-state index contributed by atoms with van der Waals surface area (Å²) >= 11 is 1.20. The second kappa shape index (κ2) is 6.93. The van der Waals surface area contributed by atoms with Crippen LogP contribution in [0.25, 0.3) is 0 Å². The molecule has 1 unspecified atom stereocenters. The van der Waals surface area contributed by atoms with Crippen LogP contribution in [0.15, 0.2) is 6.07 Å². The zero-order valence-corrected chi connectivity index (χ0v) is 13.2. The number of thiophene rings is 1. The van der Waals surface area contributed by atoms with Crippen molar-refractivity contribution in [1.82, 2.24) is 5.32 Å². The largest absolute Gasteiger partial charge is 0.479 e. The Bertz CT molecular complexity index is 520. The summed E-state index contributed by atoms with van der Waals surface area (Å²) in [5.74, 6) is -0.904. The molecule has 0 radical (unpaired) electrons. The molecule has 0 saturated heterocycles. The molecule has 0 bridgehead atoms. The number of carbonyl (C=O) groups excluding carboxylic acids is 1. The predicted octanol–water partition coefficient (Wildman–Crippen LogP) is 2.83. The molecule has 1 aromatic heterocycles. The molecule has 1 amide bonds. The lowest BCUT2D eigenvalue weighted by atomic mass is 10.2. The zero-order valence-electron chi connectivity index (χ0n) is 12.3. The number of aromatic carboxylic acids is 1. The van der Waals surface area contributed by atoms with Crippen molar-refractivity contribution in [2.45, 2.75) is 58.1 Å². The number of nitrogens with one attached hydrogen (secondary N) is 1. The van der Waals surface area contributed by atoms with Crippen LogP contribution < -0.4 is 10.1 Å². The highest BCUT2D eigenvalue weighted by Gasteiger charge is 2.24. The van der Waals surface area contributed by atoms with Crippen molar-refractivity contribution in [2.24, 2.45) is 0 Å². The van der Waals surface area contributed by atoms with Crippen LogP contribution in [-0.4, -0.2) is 29.1 Å². The number of ether oxygens (including phenoxy) is 1. The molecule has 1 saturated carbocycles. The van der Waals surface area contributed by atoms with Crippen molar-refractivity contribution in [2.75, 3.05) is 0 Å². The molecule has 1 fully saturated rings. The maximum absolute atomic E-state index is 12.1. The molecule has 0 aromatic carbocycles. The summed E-state index contributed by atoms with van der Waals surface area (Å²) in [6.07, 6.45) is 4.37. The molecule has 1 aromatic rings. The number of carboxylic acids is 1. The van der Waals surface area contributed by atoms with E-state index in [1.165, 1.54) is 11.3 Å². The van der Waals surface area contributed by atoms with Crippen LogP contribution in [-0.2, 0) is 11.2 Å². The predicted molar refractivity (Wildman–Crippen MR) is 81.1 cm³/mol. The lowest BCUT2D eigenvalue weighted by molar-refractivity contribution is -0.128. The first-order valence-electron chi connectivity index (χ1n) is 7.34. The third-order valence-corrected chi connectivity index (χ3v) is 4.91. The van der Waals surface area contributed by atoms with Crippen molar-refractivity contribution >= 4 is 23.2 Å². The Kier molecular flexibility index (Phi) is 5.22. The van der Waals surface area contributed by atoms with E-state index in [1.807, 2.05) is 6.92 Å². The molecule has 21 heavy (non-hydrogen) atoms. The fourth-order valence-corrected chi connectivity index (χ4v) is 3.33. The molecule has 1 heterocycles. The second-order valence-corrected chi connectivity index (χ2v) is 6.45. The zero-order chi connectivity index (χ0) is 15.4. The van der Waals surface area contributed by atoms with Gasteiger partial charge in [0.1, 0.15) is 5.75 Å². The van der Waals surface area contributed by atoms with Gasteiger partial charge in [0, 0.05) is 10.9 Å². The summed E-state index contributed by atoms with van der Waals surface area (Å²) in [6, 6.07) is 1.95. The van der Waals surface area contributed by atoms with Crippen LogP contribution in [0.2, 0.25) is 0 Å². The number of amides is 1. The van der Waals surface area contributed by atoms with Crippen LogP contribution in [0.5, 0.6) is 5.75 Å². The van der Waals surface area contributed by atoms with E-state index in [4.69, 9.17) is 4.74 Å². The van der Waals surface area contributed by atoms with Crippen molar-refractivity contribution in [3.8, 4) is 5.75 Å². The first-order valence-corrected chi connectivity index (χ1v) is 8.16. The van der Waals surface area contributed by atoms with Crippen molar-refractivity contribution < 1.29 is 19.4 Å². The quantitative estimate of drug-likeness (QED) is 0.847. The van der Waals surface area contributed by atoms with E-state index in [1.54, 1.807) is 13.0 Å². The number of rotatable bonds is 6. The van der Waals surface area contributed by atoms with E-state index >= 15 is 0 Å². The fourth-order valence-electron chi connectivity index (χ4n) is 2.47. The van der Waals surface area contributed by atoms with Crippen LogP contribution >= 0.6 is 11.3 Å². The minimum absolute atomic E-state index is 0.160. The van der Waals surface area contributed by atoms with Gasteiger partial charge in [0.2, 0.25) is 0 Å². The smallest absolute Gasteiger partial charge is 0.349 e. The maximum Gasteiger partial charge on any atom is 0.349 e. The molecular weight excluding hydrogens is 290 g/mol. The summed E-state index contributed by atoms with van der Waals surface area (Å²) in [5, 5.41) is 12.1. The number of aryl methyl sites for hydroxylation is 1. The molecule has 1 atom stereocenters. The Morgan fingerprint density at radius 3 is 2.71 bits per heavy atom. The summed E-state index contributed by atoms with van der Waals surface area (Å²) in [6.45, 7) is 3.61. The Balaban J connectivity index is 2.00. The van der Waals surface area contributed by atoms with Gasteiger partial charge < -0.3 is 15.2 Å². The highest BCUT2D eigenvalue weighted by atomic mass is 32.1. The molecule has 6 heteroatoms. The van der Waals surface area contributed by atoms with Gasteiger partial charge in [-0.3, -0.25) is 4.79 Å². The van der Waals surface area contributed by atoms with E-state index in [0.29, 0.717) is 5.75 Å². The molecule has 2 N–H and O–H groups in total. The molecular formula is C15H21NO4S. The molecule has 116 valence electrons. The monoisotopic (exact) mass is 311 g/mol. The van der Waals surface area contributed by atoms with Gasteiger partial charge in [-0.25, -0.2) is 4.79 Å². The van der Waals surface area contributed by atoms with E-state index in [2.05, 4.69) is 5.32 Å². The topological polar surface area (TPSA) is 75.6 Å². The first-order chi connectivity index (χ1) is 10.0. The molecule has 5 nitrogen and oxygen atoms in total. The summed E-state index contributed by atoms with van der Waals surface area (Å²) in [7, 11) is 0. The SMILES string of the molecule is CCc1cc(OC(C)C(=O)NC2CCCC2)c(C(=O)O)s1. The number of carbonyl (C=O) groups is 2. The highest BCUT2D eigenvalue weighted by Crippen LogP contribution is 2.30. The Morgan fingerprint density at radius 1 is 1.48 bits per heavy atom. The van der Waals surface area contributed by atoms with Gasteiger partial charge in [-0.1, -0.05) is 19.8 Å². The van der Waals surface area contributed by atoms with Crippen LogP contribution in [0.1, 0.15) is 54.1 Å². The van der Waals surface area contributed by atoms with Gasteiger partial charge in [0.25, 0.3) is 5.91 Å². The minimum atomic E-state index is -1.02. The summed E-state index contributed by atoms with van der Waals surface area (Å²) < 4.78 is 5.58. The second-order valence-electron chi connectivity index (χ2n) is 5.31. The third-order valence-electron chi connectivity index (χ3n) is 3.67. The number of carboxylic acid groups (broad SMARTS) is 1. The van der Waals surface area contributed by atoms with E-state index in [0.717, 1.165) is 37.0 Å². The van der Waals surface area contributed by atoms with Gasteiger partial charge in [-0.05, 0) is 32.3 Å². The van der Waals surface area contributed by atoms with Gasteiger partial charge in [0.05, 0.1) is 0 Å². The summed E-state index contributed by atoms with van der Waals surface area (Å²) in [4.78, 5) is 24.4. The molecule has 1 aliphatic carbocycles. The maximum atomic E-state index is 12.1. The van der Waals surface area contributed by atoms with E-state index in [9.17, 15) is 14.7 Å². The van der Waals surface area contributed by atoms with Crippen molar-refractivity contribution in [3.05, 3.63) is 15.8 Å². The van der Waals surface area contributed by atoms with Crippen molar-refractivity contribution in [1.29, 1.82) is 0 Å². The van der Waals surface area contributed by atoms with E-state index < -0.39 is 12.1 Å². The van der Waals surface area contributed by atoms with Crippen LogP contribution in [0.4, 0.5) is 0 Å². The Morgan fingerprint density at radius 2 is 2.14 bits per heavy atom. The number of hydrogen-bond donors (Lipinski definition) is 2.